The van der Waals surface area contributed by atoms with Crippen molar-refractivity contribution in [3.8, 4) is 5.75 Å². The Labute approximate surface area is 166 Å². The van der Waals surface area contributed by atoms with Crippen molar-refractivity contribution in [2.24, 2.45) is 5.92 Å². The van der Waals surface area contributed by atoms with Gasteiger partial charge in [-0.1, -0.05) is 38.3 Å². The van der Waals surface area contributed by atoms with Gasteiger partial charge in [0, 0.05) is 16.3 Å². The molecule has 0 radical (unpaired) electrons. The van der Waals surface area contributed by atoms with E-state index >= 15 is 0 Å². The zero-order valence-electron chi connectivity index (χ0n) is 16.3. The molecule has 2 unspecified atom stereocenters. The molecule has 0 spiro atoms. The first-order valence-corrected chi connectivity index (χ1v) is 10.2. The summed E-state index contributed by atoms with van der Waals surface area (Å²) in [5, 5.41) is 14.7. The molecule has 0 amide bonds. The summed E-state index contributed by atoms with van der Waals surface area (Å²) >= 11 is 6.23. The Morgan fingerprint density at radius 1 is 1.30 bits per heavy atom. The van der Waals surface area contributed by atoms with Crippen molar-refractivity contribution in [1.29, 1.82) is 0 Å². The highest BCUT2D eigenvalue weighted by Crippen LogP contribution is 2.26. The molecule has 0 bridgehead atoms. The third-order valence-electron chi connectivity index (χ3n) is 5.24. The SMILES string of the molecule is CCC(CC)COc1ccc(Cl)cc1Cn1nc(CCC2OC2O)cc1C. The molecule has 2 heterocycles. The normalized spacial score (nSPS) is 18.9. The van der Waals surface area contributed by atoms with Crippen LogP contribution in [-0.4, -0.2) is 33.9 Å². The van der Waals surface area contributed by atoms with Gasteiger partial charge in [-0.15, -0.1) is 0 Å². The van der Waals surface area contributed by atoms with Crippen molar-refractivity contribution in [2.45, 2.75) is 65.4 Å². The first kappa shape index (κ1) is 20.2. The van der Waals surface area contributed by atoms with Gasteiger partial charge >= 0.3 is 0 Å². The molecule has 27 heavy (non-hydrogen) atoms. The minimum Gasteiger partial charge on any atom is -0.493 e. The van der Waals surface area contributed by atoms with Crippen LogP contribution >= 0.6 is 11.6 Å². The molecule has 148 valence electrons. The van der Waals surface area contributed by atoms with E-state index in [4.69, 9.17) is 26.2 Å². The van der Waals surface area contributed by atoms with E-state index < -0.39 is 6.29 Å². The molecule has 1 N–H and O–H groups in total. The number of rotatable bonds is 10. The summed E-state index contributed by atoms with van der Waals surface area (Å²) in [4.78, 5) is 0. The van der Waals surface area contributed by atoms with Gasteiger partial charge in [-0.05, 0) is 49.9 Å². The van der Waals surface area contributed by atoms with Crippen LogP contribution < -0.4 is 4.74 Å². The molecule has 2 aromatic rings. The highest BCUT2D eigenvalue weighted by molar-refractivity contribution is 6.30. The van der Waals surface area contributed by atoms with Gasteiger partial charge in [-0.25, -0.2) is 0 Å². The van der Waals surface area contributed by atoms with Crippen molar-refractivity contribution in [3.05, 3.63) is 46.2 Å². The third kappa shape index (κ3) is 5.47. The molecule has 1 aromatic heterocycles. The quantitative estimate of drug-likeness (QED) is 0.610. The Kier molecular flexibility index (Phi) is 6.79. The Bertz CT molecular complexity index is 758. The topological polar surface area (TPSA) is 59.8 Å². The molecular formula is C21H29ClN2O3. The molecule has 2 atom stereocenters. The van der Waals surface area contributed by atoms with Crippen molar-refractivity contribution in [2.75, 3.05) is 6.61 Å². The minimum absolute atomic E-state index is 0.0338. The second-order valence-electron chi connectivity index (χ2n) is 7.28. The van der Waals surface area contributed by atoms with E-state index in [9.17, 15) is 5.11 Å². The largest absolute Gasteiger partial charge is 0.493 e. The Morgan fingerprint density at radius 3 is 2.70 bits per heavy atom. The molecule has 1 aliphatic heterocycles. The van der Waals surface area contributed by atoms with Crippen molar-refractivity contribution in [3.63, 3.8) is 0 Å². The summed E-state index contributed by atoms with van der Waals surface area (Å²) in [7, 11) is 0. The van der Waals surface area contributed by atoms with Gasteiger partial charge in [0.2, 0.25) is 0 Å². The zero-order valence-corrected chi connectivity index (χ0v) is 17.1. The zero-order chi connectivity index (χ0) is 19.4. The fourth-order valence-electron chi connectivity index (χ4n) is 3.20. The molecular weight excluding hydrogens is 364 g/mol. The summed E-state index contributed by atoms with van der Waals surface area (Å²) in [6, 6.07) is 7.87. The van der Waals surface area contributed by atoms with Crippen LogP contribution in [0.4, 0.5) is 0 Å². The molecule has 1 aliphatic rings. The van der Waals surface area contributed by atoms with Crippen LogP contribution in [0.5, 0.6) is 5.75 Å². The van der Waals surface area contributed by atoms with Crippen LogP contribution in [0.3, 0.4) is 0 Å². The second-order valence-corrected chi connectivity index (χ2v) is 7.72. The highest BCUT2D eigenvalue weighted by atomic mass is 35.5. The van der Waals surface area contributed by atoms with E-state index in [0.717, 1.165) is 48.4 Å². The molecule has 1 aromatic carbocycles. The number of aromatic nitrogens is 2. The van der Waals surface area contributed by atoms with E-state index in [1.807, 2.05) is 29.8 Å². The van der Waals surface area contributed by atoms with Gasteiger partial charge in [-0.2, -0.15) is 5.10 Å². The van der Waals surface area contributed by atoms with E-state index in [2.05, 4.69) is 19.9 Å². The van der Waals surface area contributed by atoms with Gasteiger partial charge in [0.15, 0.2) is 6.29 Å². The lowest BCUT2D eigenvalue weighted by molar-refractivity contribution is 0.156. The lowest BCUT2D eigenvalue weighted by Crippen LogP contribution is -2.12. The molecule has 1 saturated heterocycles. The van der Waals surface area contributed by atoms with Gasteiger partial charge < -0.3 is 14.6 Å². The summed E-state index contributed by atoms with van der Waals surface area (Å²) in [5.74, 6) is 1.43. The van der Waals surface area contributed by atoms with Crippen molar-refractivity contribution in [1.82, 2.24) is 9.78 Å². The molecule has 0 aliphatic carbocycles. The van der Waals surface area contributed by atoms with Gasteiger partial charge in [0.05, 0.1) is 18.8 Å². The molecule has 1 fully saturated rings. The van der Waals surface area contributed by atoms with E-state index in [0.29, 0.717) is 24.1 Å². The average Bonchev–Trinajstić information content (AvgIpc) is 3.25. The first-order valence-electron chi connectivity index (χ1n) is 9.78. The molecule has 3 rings (SSSR count). The number of ether oxygens (including phenoxy) is 2. The van der Waals surface area contributed by atoms with E-state index in [1.54, 1.807) is 0 Å². The van der Waals surface area contributed by atoms with E-state index in [-0.39, 0.29) is 6.10 Å². The second kappa shape index (κ2) is 9.09. The maximum atomic E-state index is 9.27. The highest BCUT2D eigenvalue weighted by Gasteiger charge is 2.36. The number of halogens is 1. The number of hydrogen-bond donors (Lipinski definition) is 1. The van der Waals surface area contributed by atoms with E-state index in [1.165, 1.54) is 0 Å². The summed E-state index contributed by atoms with van der Waals surface area (Å²) in [6.45, 7) is 7.78. The van der Waals surface area contributed by atoms with Gasteiger partial charge in [-0.3, -0.25) is 4.68 Å². The number of aliphatic hydroxyl groups excluding tert-OH is 1. The third-order valence-corrected chi connectivity index (χ3v) is 5.48. The molecule has 5 nitrogen and oxygen atoms in total. The monoisotopic (exact) mass is 392 g/mol. The fraction of sp³-hybridized carbons (Fsp3) is 0.571. The Hall–Kier alpha value is -1.56. The number of epoxide rings is 1. The summed E-state index contributed by atoms with van der Waals surface area (Å²) < 4.78 is 13.1. The van der Waals surface area contributed by atoms with Crippen LogP contribution in [0.1, 0.15) is 50.1 Å². The predicted octanol–water partition coefficient (Wildman–Crippen LogP) is 4.36. The first-order chi connectivity index (χ1) is 13.0. The van der Waals surface area contributed by atoms with Crippen molar-refractivity contribution < 1.29 is 14.6 Å². The number of benzene rings is 1. The number of aliphatic hydroxyl groups is 1. The lowest BCUT2D eigenvalue weighted by Gasteiger charge is -2.17. The smallest absolute Gasteiger partial charge is 0.181 e. The number of aryl methyl sites for hydroxylation is 2. The maximum absolute atomic E-state index is 9.27. The Morgan fingerprint density at radius 2 is 2.04 bits per heavy atom. The number of nitrogens with zero attached hydrogens (tertiary/aromatic N) is 2. The molecule has 0 saturated carbocycles. The fourth-order valence-corrected chi connectivity index (χ4v) is 3.40. The van der Waals surface area contributed by atoms with Crippen LogP contribution in [-0.2, 0) is 17.7 Å². The van der Waals surface area contributed by atoms with Crippen LogP contribution in [0, 0.1) is 12.8 Å². The maximum Gasteiger partial charge on any atom is 0.181 e. The predicted molar refractivity (Wildman–Crippen MR) is 106 cm³/mol. The van der Waals surface area contributed by atoms with Gasteiger partial charge in [0.1, 0.15) is 11.9 Å². The number of hydrogen-bond acceptors (Lipinski definition) is 4. The summed E-state index contributed by atoms with van der Waals surface area (Å²) in [6.07, 6.45) is 3.19. The van der Waals surface area contributed by atoms with Crippen LogP contribution in [0.25, 0.3) is 0 Å². The van der Waals surface area contributed by atoms with Crippen LogP contribution in [0.15, 0.2) is 24.3 Å². The van der Waals surface area contributed by atoms with Crippen molar-refractivity contribution >= 4 is 11.6 Å². The Balaban J connectivity index is 1.68. The average molecular weight is 393 g/mol. The minimum atomic E-state index is -0.589. The standard InChI is InChI=1S/C21H29ClN2O3/c1-4-15(5-2)13-26-19-8-6-17(22)11-16(19)12-24-14(3)10-18(23-24)7-9-20-21(25)27-20/h6,8,10-11,15,20-21,25H,4-5,7,9,12-13H2,1-3H3. The van der Waals surface area contributed by atoms with Gasteiger partial charge in [0.25, 0.3) is 0 Å². The van der Waals surface area contributed by atoms with Crippen LogP contribution in [0.2, 0.25) is 5.02 Å². The lowest BCUT2D eigenvalue weighted by atomic mass is 10.1. The summed E-state index contributed by atoms with van der Waals surface area (Å²) in [5.41, 5.74) is 3.14. The molecule has 6 heteroatoms.